The zero-order chi connectivity index (χ0) is 19.5. The molecule has 28 heavy (non-hydrogen) atoms. The van der Waals surface area contributed by atoms with Crippen LogP contribution in [-0.4, -0.2) is 26.7 Å². The molecule has 3 heterocycles. The van der Waals surface area contributed by atoms with E-state index in [9.17, 15) is 9.90 Å². The first-order chi connectivity index (χ1) is 13.6. The molecule has 8 heteroatoms. The number of nitrogens with zero attached hydrogens (tertiary/aromatic N) is 3. The number of hydrogen-bond acceptors (Lipinski definition) is 8. The maximum Gasteiger partial charge on any atom is 0.336 e. The van der Waals surface area contributed by atoms with Gasteiger partial charge in [-0.05, 0) is 42.8 Å². The fourth-order valence-electron chi connectivity index (χ4n) is 3.13. The summed E-state index contributed by atoms with van der Waals surface area (Å²) in [6.07, 6.45) is 2.46. The molecular weight excluding hydrogens is 362 g/mol. The van der Waals surface area contributed by atoms with Crippen molar-refractivity contribution in [3.05, 3.63) is 64.5 Å². The number of furan rings is 1. The van der Waals surface area contributed by atoms with Crippen LogP contribution in [0.15, 0.2) is 60.7 Å². The van der Waals surface area contributed by atoms with Crippen LogP contribution in [0, 0.1) is 0 Å². The van der Waals surface area contributed by atoms with Gasteiger partial charge in [-0.2, -0.15) is 0 Å². The smallest absolute Gasteiger partial charge is 0.336 e. The fourth-order valence-corrected chi connectivity index (χ4v) is 3.13. The average molecular weight is 381 g/mol. The summed E-state index contributed by atoms with van der Waals surface area (Å²) in [7, 11) is 0. The van der Waals surface area contributed by atoms with E-state index in [1.54, 1.807) is 30.5 Å². The number of aromatic nitrogens is 2. The highest BCUT2D eigenvalue weighted by Gasteiger charge is 2.16. The molecule has 0 unspecified atom stereocenters. The summed E-state index contributed by atoms with van der Waals surface area (Å²) in [5.41, 5.74) is 0.713. The van der Waals surface area contributed by atoms with Crippen molar-refractivity contribution in [2.24, 2.45) is 0 Å². The Kier molecular flexibility index (Phi) is 4.94. The highest BCUT2D eigenvalue weighted by molar-refractivity contribution is 5.81. The first-order valence-corrected chi connectivity index (χ1v) is 8.96. The van der Waals surface area contributed by atoms with E-state index in [4.69, 9.17) is 13.3 Å². The van der Waals surface area contributed by atoms with Gasteiger partial charge >= 0.3 is 5.63 Å². The second-order valence-corrected chi connectivity index (χ2v) is 6.46. The van der Waals surface area contributed by atoms with Crippen molar-refractivity contribution in [2.45, 2.75) is 26.4 Å². The Hall–Kier alpha value is -3.39. The number of benzene rings is 1. The first kappa shape index (κ1) is 18.0. The minimum absolute atomic E-state index is 0.0505. The van der Waals surface area contributed by atoms with E-state index >= 15 is 0 Å². The quantitative estimate of drug-likeness (QED) is 0.485. The predicted octanol–water partition coefficient (Wildman–Crippen LogP) is 3.55. The molecule has 0 aliphatic carbocycles. The largest absolute Gasteiger partial charge is 0.508 e. The van der Waals surface area contributed by atoms with Crippen LogP contribution in [-0.2, 0) is 13.1 Å². The number of hydrogen-bond donors (Lipinski definition) is 1. The van der Waals surface area contributed by atoms with Gasteiger partial charge in [0.25, 0.3) is 5.89 Å². The SMILES string of the molecule is CCCN(Cc1nnc(-c2ccco2)o1)Cc1cc(=O)oc2cc(O)ccc12. The van der Waals surface area contributed by atoms with Crippen LogP contribution >= 0.6 is 0 Å². The van der Waals surface area contributed by atoms with E-state index in [2.05, 4.69) is 22.0 Å². The van der Waals surface area contributed by atoms with Crippen LogP contribution in [0.4, 0.5) is 0 Å². The summed E-state index contributed by atoms with van der Waals surface area (Å²) in [6.45, 7) is 3.78. The molecule has 4 aromatic rings. The summed E-state index contributed by atoms with van der Waals surface area (Å²) < 4.78 is 16.2. The number of phenolic OH excluding ortho intramolecular Hbond substituents is 1. The maximum absolute atomic E-state index is 11.9. The van der Waals surface area contributed by atoms with Gasteiger partial charge in [0.15, 0.2) is 5.76 Å². The van der Waals surface area contributed by atoms with Crippen molar-refractivity contribution in [3.63, 3.8) is 0 Å². The summed E-state index contributed by atoms with van der Waals surface area (Å²) in [6, 6.07) is 9.75. The fraction of sp³-hybridized carbons (Fsp3) is 0.250. The van der Waals surface area contributed by atoms with Crippen LogP contribution in [0.1, 0.15) is 24.8 Å². The molecule has 0 saturated carbocycles. The van der Waals surface area contributed by atoms with Gasteiger partial charge in [0.1, 0.15) is 11.3 Å². The molecule has 0 aliphatic rings. The Balaban J connectivity index is 1.59. The molecule has 0 spiro atoms. The third-order valence-corrected chi connectivity index (χ3v) is 4.31. The van der Waals surface area contributed by atoms with Crippen molar-refractivity contribution < 1.29 is 18.4 Å². The van der Waals surface area contributed by atoms with Crippen molar-refractivity contribution in [3.8, 4) is 17.4 Å². The lowest BCUT2D eigenvalue weighted by atomic mass is 10.1. The molecule has 0 bridgehead atoms. The lowest BCUT2D eigenvalue weighted by Crippen LogP contribution is -2.24. The Morgan fingerprint density at radius 3 is 2.79 bits per heavy atom. The van der Waals surface area contributed by atoms with Gasteiger partial charge in [-0.1, -0.05) is 6.92 Å². The molecule has 0 saturated heterocycles. The Morgan fingerprint density at radius 2 is 2.00 bits per heavy atom. The predicted molar refractivity (Wildman–Crippen MR) is 101 cm³/mol. The molecule has 3 aromatic heterocycles. The minimum atomic E-state index is -0.456. The molecule has 1 aromatic carbocycles. The Bertz CT molecular complexity index is 1130. The van der Waals surface area contributed by atoms with Gasteiger partial charge in [-0.15, -0.1) is 10.2 Å². The maximum atomic E-state index is 11.9. The molecular formula is C20H19N3O5. The number of aromatic hydroxyl groups is 1. The lowest BCUT2D eigenvalue weighted by Gasteiger charge is -2.20. The van der Waals surface area contributed by atoms with E-state index in [-0.39, 0.29) is 5.75 Å². The van der Waals surface area contributed by atoms with E-state index < -0.39 is 5.63 Å². The van der Waals surface area contributed by atoms with Crippen molar-refractivity contribution in [1.29, 1.82) is 0 Å². The van der Waals surface area contributed by atoms with Crippen LogP contribution in [0.5, 0.6) is 5.75 Å². The van der Waals surface area contributed by atoms with E-state index in [0.29, 0.717) is 36.2 Å². The normalized spacial score (nSPS) is 11.5. The highest BCUT2D eigenvalue weighted by Crippen LogP contribution is 2.24. The number of rotatable bonds is 7. The second-order valence-electron chi connectivity index (χ2n) is 6.46. The van der Waals surface area contributed by atoms with Crippen LogP contribution in [0.25, 0.3) is 22.6 Å². The Morgan fingerprint density at radius 1 is 1.11 bits per heavy atom. The molecule has 4 rings (SSSR count). The molecule has 144 valence electrons. The summed E-state index contributed by atoms with van der Waals surface area (Å²) in [5.74, 6) is 1.37. The number of fused-ring (bicyclic) bond motifs is 1. The summed E-state index contributed by atoms with van der Waals surface area (Å²) in [5, 5.41) is 18.5. The highest BCUT2D eigenvalue weighted by atomic mass is 16.4. The van der Waals surface area contributed by atoms with Crippen LogP contribution in [0.2, 0.25) is 0 Å². The van der Waals surface area contributed by atoms with Gasteiger partial charge in [0.05, 0.1) is 12.8 Å². The molecule has 0 atom stereocenters. The van der Waals surface area contributed by atoms with Gasteiger partial charge in [-0.3, -0.25) is 4.90 Å². The zero-order valence-electron chi connectivity index (χ0n) is 15.3. The van der Waals surface area contributed by atoms with Crippen LogP contribution < -0.4 is 5.63 Å². The van der Waals surface area contributed by atoms with Crippen molar-refractivity contribution >= 4 is 11.0 Å². The molecule has 8 nitrogen and oxygen atoms in total. The van der Waals surface area contributed by atoms with E-state index in [0.717, 1.165) is 23.9 Å². The van der Waals surface area contributed by atoms with E-state index in [1.165, 1.54) is 12.1 Å². The molecule has 0 fully saturated rings. The summed E-state index contributed by atoms with van der Waals surface area (Å²) in [4.78, 5) is 14.0. The van der Waals surface area contributed by atoms with E-state index in [1.807, 2.05) is 0 Å². The topological polar surface area (TPSA) is 106 Å². The average Bonchev–Trinajstić information content (AvgIpc) is 3.32. The van der Waals surface area contributed by atoms with Gasteiger partial charge < -0.3 is 18.4 Å². The lowest BCUT2D eigenvalue weighted by molar-refractivity contribution is 0.232. The van der Waals surface area contributed by atoms with Crippen molar-refractivity contribution in [2.75, 3.05) is 6.54 Å². The Labute approximate surface area is 160 Å². The van der Waals surface area contributed by atoms with Gasteiger partial charge in [0.2, 0.25) is 5.89 Å². The van der Waals surface area contributed by atoms with Gasteiger partial charge in [-0.25, -0.2) is 4.79 Å². The number of phenols is 1. The van der Waals surface area contributed by atoms with Gasteiger partial charge in [0, 0.05) is 24.1 Å². The molecule has 1 N–H and O–H groups in total. The molecule has 0 amide bonds. The summed E-state index contributed by atoms with van der Waals surface area (Å²) >= 11 is 0. The zero-order valence-corrected chi connectivity index (χ0v) is 15.3. The van der Waals surface area contributed by atoms with Crippen molar-refractivity contribution in [1.82, 2.24) is 15.1 Å². The van der Waals surface area contributed by atoms with Crippen LogP contribution in [0.3, 0.4) is 0 Å². The molecule has 0 radical (unpaired) electrons. The standard InChI is InChI=1S/C20H19N3O5/c1-2-7-23(12-18-21-22-20(28-18)16-4-3-8-26-16)11-13-9-19(25)27-17-10-14(24)5-6-15(13)17/h3-6,8-10,24H,2,7,11-12H2,1H3. The monoisotopic (exact) mass is 381 g/mol. The third kappa shape index (κ3) is 3.81. The second kappa shape index (κ2) is 7.69. The minimum Gasteiger partial charge on any atom is -0.508 e. The molecule has 0 aliphatic heterocycles. The first-order valence-electron chi connectivity index (χ1n) is 8.96. The third-order valence-electron chi connectivity index (χ3n) is 4.31.